The average molecular weight is 866 g/mol. The summed E-state index contributed by atoms with van der Waals surface area (Å²) in [6.07, 6.45) is 10.3. The number of halogens is 2. The van der Waals surface area contributed by atoms with Gasteiger partial charge in [0.15, 0.2) is 0 Å². The molecule has 0 N–H and O–H groups in total. The van der Waals surface area contributed by atoms with Gasteiger partial charge in [-0.1, -0.05) is 0 Å². The van der Waals surface area contributed by atoms with Crippen LogP contribution in [0.15, 0.2) is 170 Å². The summed E-state index contributed by atoms with van der Waals surface area (Å²) in [5.41, 5.74) is 5.85. The average Bonchev–Trinajstić information content (AvgIpc) is 3.83. The van der Waals surface area contributed by atoms with E-state index in [1.165, 1.54) is 65.3 Å². The van der Waals surface area contributed by atoms with Gasteiger partial charge in [-0.05, 0) is 0 Å². The topological polar surface area (TPSA) is 0 Å². The molecule has 2 atom stereocenters. The van der Waals surface area contributed by atoms with Gasteiger partial charge in [-0.15, -0.1) is 24.8 Å². The molecule has 0 amide bonds. The van der Waals surface area contributed by atoms with Crippen molar-refractivity contribution in [3.63, 3.8) is 0 Å². The fourth-order valence-electron chi connectivity index (χ4n) is 9.84. The second-order valence-corrected chi connectivity index (χ2v) is 46.7. The summed E-state index contributed by atoms with van der Waals surface area (Å²) in [4.78, 5) is 0. The van der Waals surface area contributed by atoms with Gasteiger partial charge in [-0.2, -0.15) is 0 Å². The zero-order valence-corrected chi connectivity index (χ0v) is 34.1. The SMILES string of the molecule is Cl.Cl.[SiH2]=[Hf]([c]1ccccc1)([c]1ccccc1)([CH]1C=Cc2c1c1ccccc1c1ccccc21)[CH]1C=Cc2c1c1ccccc1c1ccccc21. The second kappa shape index (κ2) is 12.3. The van der Waals surface area contributed by atoms with Crippen molar-refractivity contribution in [3.05, 3.63) is 192 Å². The third-order valence-corrected chi connectivity index (χ3v) is 51.6. The summed E-state index contributed by atoms with van der Waals surface area (Å²) in [5, 5.41) is 10.9. The Morgan fingerprint density at radius 2 is 0.620 bits per heavy atom. The number of benzene rings is 8. The Kier molecular flexibility index (Phi) is 8.16. The number of hydrogen-bond donors (Lipinski definition) is 0. The summed E-state index contributed by atoms with van der Waals surface area (Å²) in [7, 11) is 0. The van der Waals surface area contributed by atoms with E-state index in [9.17, 15) is 0 Å². The molecule has 0 nitrogen and oxygen atoms in total. The molecular weight excluding hydrogens is 830 g/mol. The first-order chi connectivity index (χ1) is 23.7. The molecule has 242 valence electrons. The van der Waals surface area contributed by atoms with Crippen LogP contribution in [0.5, 0.6) is 0 Å². The van der Waals surface area contributed by atoms with Gasteiger partial charge in [-0.3, -0.25) is 0 Å². The molecule has 0 aliphatic heterocycles. The summed E-state index contributed by atoms with van der Waals surface area (Å²) < 4.78 is 3.64. The Morgan fingerprint density at radius 1 is 0.340 bits per heavy atom. The predicted molar refractivity (Wildman–Crippen MR) is 222 cm³/mol. The Labute approximate surface area is 307 Å². The van der Waals surface area contributed by atoms with Crippen molar-refractivity contribution in [1.82, 2.24) is 0 Å². The van der Waals surface area contributed by atoms with Crippen LogP contribution in [0.4, 0.5) is 0 Å². The van der Waals surface area contributed by atoms with Crippen molar-refractivity contribution in [1.29, 1.82) is 0 Å². The van der Waals surface area contributed by atoms with Crippen LogP contribution in [0.1, 0.15) is 29.6 Å². The van der Waals surface area contributed by atoms with Crippen molar-refractivity contribution >= 4 is 93.6 Å². The van der Waals surface area contributed by atoms with Crippen LogP contribution >= 0.6 is 24.8 Å². The Bertz CT molecular complexity index is 2560. The summed E-state index contributed by atoms with van der Waals surface area (Å²) in [6, 6.07) is 59.9. The Hall–Kier alpha value is -4.05. The molecule has 0 saturated heterocycles. The zero-order chi connectivity index (χ0) is 31.9. The molecule has 2 aliphatic rings. The van der Waals surface area contributed by atoms with E-state index in [-0.39, 0.29) is 32.2 Å². The van der Waals surface area contributed by atoms with Gasteiger partial charge in [0.1, 0.15) is 0 Å². The van der Waals surface area contributed by atoms with E-state index in [0.717, 1.165) is 0 Å². The molecule has 0 bridgehead atoms. The van der Waals surface area contributed by atoms with Gasteiger partial charge < -0.3 is 0 Å². The molecule has 10 rings (SSSR count). The number of allylic oxidation sites excluding steroid dienone is 2. The van der Waals surface area contributed by atoms with Crippen LogP contribution < -0.4 is 6.64 Å². The minimum atomic E-state index is -4.87. The fraction of sp³-hybridized carbons (Fsp3) is 0.0435. The first-order valence-corrected chi connectivity index (χ1v) is 33.1. The minimum absolute atomic E-state index is 0. The molecule has 0 spiro atoms. The molecule has 8 aromatic rings. The van der Waals surface area contributed by atoms with Gasteiger partial charge in [-0.25, -0.2) is 0 Å². The van der Waals surface area contributed by atoms with Crippen LogP contribution in [0, 0.1) is 0 Å². The maximum atomic E-state index is 2.64. The molecule has 8 aromatic carbocycles. The van der Waals surface area contributed by atoms with E-state index in [0.29, 0.717) is 0 Å². The second-order valence-electron chi connectivity index (χ2n) is 13.9. The number of hydrogen-bond acceptors (Lipinski definition) is 0. The van der Waals surface area contributed by atoms with Crippen molar-refractivity contribution in [2.24, 2.45) is 0 Å². The van der Waals surface area contributed by atoms with Gasteiger partial charge in [0.2, 0.25) is 0 Å². The summed E-state index contributed by atoms with van der Waals surface area (Å²) in [6.45, 7) is 2.45. The van der Waals surface area contributed by atoms with Gasteiger partial charge in [0.25, 0.3) is 0 Å². The molecule has 0 fully saturated rings. The molecule has 4 heteroatoms. The normalized spacial score (nSPS) is 16.3. The molecule has 0 aromatic heterocycles. The maximum absolute atomic E-state index is 4.87. The van der Waals surface area contributed by atoms with Crippen LogP contribution in [0.25, 0.3) is 55.2 Å². The molecule has 2 unspecified atom stereocenters. The van der Waals surface area contributed by atoms with Crippen LogP contribution in [-0.2, 0) is 17.1 Å². The molecule has 50 heavy (non-hydrogen) atoms. The third-order valence-electron chi connectivity index (χ3n) is 11.9. The third kappa shape index (κ3) is 4.26. The number of fused-ring (bicyclic) bond motifs is 12. The van der Waals surface area contributed by atoms with Gasteiger partial charge >= 0.3 is 285 Å². The Morgan fingerprint density at radius 3 is 0.980 bits per heavy atom. The van der Waals surface area contributed by atoms with Crippen molar-refractivity contribution in [3.8, 4) is 0 Å². The monoisotopic (exact) mass is 866 g/mol. The van der Waals surface area contributed by atoms with E-state index in [4.69, 9.17) is 0 Å². The van der Waals surface area contributed by atoms with E-state index >= 15 is 0 Å². The molecule has 2 aliphatic carbocycles. The molecule has 0 heterocycles. The molecular formula is C46H36Cl2HfSi. The summed E-state index contributed by atoms with van der Waals surface area (Å²) >= 11 is -4.87. The Balaban J connectivity index is 0.00000180. The summed E-state index contributed by atoms with van der Waals surface area (Å²) in [5.74, 6) is 0. The fourth-order valence-corrected chi connectivity index (χ4v) is 44.9. The predicted octanol–water partition coefficient (Wildman–Crippen LogP) is 10.9. The van der Waals surface area contributed by atoms with Crippen molar-refractivity contribution < 1.29 is 17.1 Å². The van der Waals surface area contributed by atoms with E-state index < -0.39 is 17.1 Å². The van der Waals surface area contributed by atoms with Gasteiger partial charge in [0, 0.05) is 0 Å². The van der Waals surface area contributed by atoms with E-state index in [1.54, 1.807) is 6.64 Å². The van der Waals surface area contributed by atoms with Gasteiger partial charge in [0.05, 0.1) is 0 Å². The molecule has 0 saturated carbocycles. The van der Waals surface area contributed by atoms with Crippen LogP contribution in [-0.4, -0.2) is 6.94 Å². The van der Waals surface area contributed by atoms with E-state index in [2.05, 4.69) is 189 Å². The van der Waals surface area contributed by atoms with Crippen molar-refractivity contribution in [2.45, 2.75) is 7.35 Å². The van der Waals surface area contributed by atoms with Crippen LogP contribution in [0.3, 0.4) is 0 Å². The standard InChI is InChI=1S/2C17H11.2C6H5.2ClH.Hf.H2Si/c2*1-3-8-14-12(6-1)13-7-2-4-9-15(13)17-11-5-10-16(14)17;2*1-2-4-6-5-3-1;;;;/h2*1-11H;2*1-5H;2*1H;;1H2. The van der Waals surface area contributed by atoms with Crippen LogP contribution in [0.2, 0.25) is 0 Å². The number of rotatable bonds is 4. The van der Waals surface area contributed by atoms with Crippen molar-refractivity contribution in [2.75, 3.05) is 0 Å². The molecule has 0 radical (unpaired) electrons. The zero-order valence-electron chi connectivity index (χ0n) is 27.5. The van der Waals surface area contributed by atoms with E-state index in [1.807, 2.05) is 0 Å². The first-order valence-electron chi connectivity index (χ1n) is 17.0. The first kappa shape index (κ1) is 33.1. The quantitative estimate of drug-likeness (QED) is 0.122.